The van der Waals surface area contributed by atoms with Crippen LogP contribution in [0.25, 0.3) is 0 Å². The molecule has 1 saturated heterocycles. The van der Waals surface area contributed by atoms with Crippen molar-refractivity contribution in [3.8, 4) is 0 Å². The van der Waals surface area contributed by atoms with E-state index in [4.69, 9.17) is 4.74 Å². The third-order valence-corrected chi connectivity index (χ3v) is 5.53. The molecule has 0 amide bonds. The van der Waals surface area contributed by atoms with E-state index >= 15 is 0 Å². The highest BCUT2D eigenvalue weighted by Crippen LogP contribution is 2.28. The molecule has 0 aliphatic carbocycles. The minimum absolute atomic E-state index is 0.119. The van der Waals surface area contributed by atoms with Crippen molar-refractivity contribution in [3.05, 3.63) is 71.8 Å². The number of hydrogen-bond acceptors (Lipinski definition) is 4. The van der Waals surface area contributed by atoms with Crippen LogP contribution in [0.15, 0.2) is 60.7 Å². The summed E-state index contributed by atoms with van der Waals surface area (Å²) in [6.45, 7) is 4.21. The Morgan fingerprint density at radius 1 is 1.11 bits per heavy atom. The van der Waals surface area contributed by atoms with Crippen LogP contribution < -0.4 is 0 Å². The van der Waals surface area contributed by atoms with E-state index in [2.05, 4.69) is 55.1 Å². The van der Waals surface area contributed by atoms with Crippen molar-refractivity contribution in [1.82, 2.24) is 9.80 Å². The van der Waals surface area contributed by atoms with Gasteiger partial charge in [-0.05, 0) is 26.1 Å². The minimum atomic E-state index is -0.427. The Labute approximate surface area is 162 Å². The van der Waals surface area contributed by atoms with Crippen LogP contribution in [0, 0.1) is 0 Å². The van der Waals surface area contributed by atoms with E-state index in [1.54, 1.807) is 0 Å². The molecule has 1 heterocycles. The third-order valence-electron chi connectivity index (χ3n) is 5.53. The zero-order chi connectivity index (χ0) is 19.3. The van der Waals surface area contributed by atoms with Crippen molar-refractivity contribution in [2.45, 2.75) is 31.5 Å². The molecule has 0 radical (unpaired) electrons. The molecule has 0 bridgehead atoms. The number of carbonyl (C=O) groups excluding carboxylic acids is 1. The van der Waals surface area contributed by atoms with Crippen LogP contribution in [0.5, 0.6) is 0 Å². The molecule has 144 valence electrons. The highest BCUT2D eigenvalue weighted by Gasteiger charge is 2.42. The van der Waals surface area contributed by atoms with Crippen molar-refractivity contribution in [2.75, 3.05) is 33.8 Å². The molecule has 4 nitrogen and oxygen atoms in total. The van der Waals surface area contributed by atoms with Crippen molar-refractivity contribution >= 4 is 5.78 Å². The summed E-state index contributed by atoms with van der Waals surface area (Å²) in [5.41, 5.74) is 1.61. The molecule has 1 aliphatic heterocycles. The first-order valence-electron chi connectivity index (χ1n) is 9.74. The quantitative estimate of drug-likeness (QED) is 0.703. The fraction of sp³-hybridized carbons (Fsp3) is 0.435. The molecule has 0 spiro atoms. The first-order valence-corrected chi connectivity index (χ1v) is 9.74. The Balaban J connectivity index is 1.82. The third kappa shape index (κ3) is 4.46. The summed E-state index contributed by atoms with van der Waals surface area (Å²) in [6.07, 6.45) is 1.59. The predicted molar refractivity (Wildman–Crippen MR) is 109 cm³/mol. The fourth-order valence-electron chi connectivity index (χ4n) is 3.92. The van der Waals surface area contributed by atoms with Crippen LogP contribution in [-0.2, 0) is 11.2 Å². The number of ether oxygens (including phenoxy) is 1. The SMILES string of the molecule is CCC(C(=O)c1ccccc1)N1CCOC(Cc2ccccc2)(N(C)C)C1. The Morgan fingerprint density at radius 3 is 2.33 bits per heavy atom. The number of ketones is 1. The Kier molecular flexibility index (Phi) is 6.42. The summed E-state index contributed by atoms with van der Waals surface area (Å²) >= 11 is 0. The molecule has 0 saturated carbocycles. The van der Waals surface area contributed by atoms with Crippen LogP contribution in [0.1, 0.15) is 29.3 Å². The maximum atomic E-state index is 13.1. The van der Waals surface area contributed by atoms with E-state index in [9.17, 15) is 4.79 Å². The molecule has 0 N–H and O–H groups in total. The lowest BCUT2D eigenvalue weighted by Gasteiger charge is -2.48. The van der Waals surface area contributed by atoms with Gasteiger partial charge in [0.05, 0.1) is 12.6 Å². The molecular formula is C23H30N2O2. The van der Waals surface area contributed by atoms with Gasteiger partial charge in [0.1, 0.15) is 5.72 Å². The molecule has 2 atom stereocenters. The number of Topliss-reactive ketones (excluding diaryl/α,β-unsaturated/α-hetero) is 1. The largest absolute Gasteiger partial charge is 0.357 e. The number of carbonyl (C=O) groups is 1. The monoisotopic (exact) mass is 366 g/mol. The molecule has 3 rings (SSSR count). The standard InChI is InChI=1S/C23H30N2O2/c1-4-21(22(26)20-13-9-6-10-14-20)25-15-16-27-23(18-25,24(2)3)17-19-11-7-5-8-12-19/h5-14,21H,4,15-18H2,1-3H3. The summed E-state index contributed by atoms with van der Waals surface area (Å²) in [5.74, 6) is 0.201. The van der Waals surface area contributed by atoms with Crippen molar-refractivity contribution in [3.63, 3.8) is 0 Å². The maximum absolute atomic E-state index is 13.1. The number of likely N-dealkylation sites (N-methyl/N-ethyl adjacent to an activating group) is 1. The van der Waals surface area contributed by atoms with Gasteiger partial charge < -0.3 is 4.74 Å². The van der Waals surface area contributed by atoms with E-state index < -0.39 is 5.72 Å². The van der Waals surface area contributed by atoms with Crippen molar-refractivity contribution in [2.24, 2.45) is 0 Å². The topological polar surface area (TPSA) is 32.8 Å². The van der Waals surface area contributed by atoms with Gasteiger partial charge in [0.25, 0.3) is 0 Å². The average molecular weight is 367 g/mol. The number of rotatable bonds is 7. The molecule has 2 unspecified atom stereocenters. The smallest absolute Gasteiger partial charge is 0.179 e. The zero-order valence-corrected chi connectivity index (χ0v) is 16.6. The summed E-state index contributed by atoms with van der Waals surface area (Å²) in [7, 11) is 4.12. The Morgan fingerprint density at radius 2 is 1.74 bits per heavy atom. The van der Waals surface area contributed by atoms with Gasteiger partial charge in [-0.1, -0.05) is 67.6 Å². The molecule has 1 aliphatic rings. The van der Waals surface area contributed by atoms with E-state index in [1.807, 2.05) is 36.4 Å². The van der Waals surface area contributed by atoms with Gasteiger partial charge in [0.2, 0.25) is 0 Å². The lowest BCUT2D eigenvalue weighted by Crippen LogP contribution is -2.63. The highest BCUT2D eigenvalue weighted by atomic mass is 16.5. The summed E-state index contributed by atoms with van der Waals surface area (Å²) in [6, 6.07) is 19.9. The molecule has 0 aromatic heterocycles. The van der Waals surface area contributed by atoms with Gasteiger partial charge in [0.15, 0.2) is 5.78 Å². The molecule has 1 fully saturated rings. The van der Waals surface area contributed by atoms with Crippen LogP contribution in [0.3, 0.4) is 0 Å². The summed E-state index contributed by atoms with van der Waals surface area (Å²) < 4.78 is 6.31. The first kappa shape index (κ1) is 19.7. The van der Waals surface area contributed by atoms with E-state index in [-0.39, 0.29) is 11.8 Å². The minimum Gasteiger partial charge on any atom is -0.357 e. The number of morpholine rings is 1. The second-order valence-corrected chi connectivity index (χ2v) is 7.48. The number of hydrogen-bond donors (Lipinski definition) is 0. The molecule has 4 heteroatoms. The van der Waals surface area contributed by atoms with Gasteiger partial charge in [-0.15, -0.1) is 0 Å². The predicted octanol–water partition coefficient (Wildman–Crippen LogP) is 3.48. The second kappa shape index (κ2) is 8.79. The normalized spacial score (nSPS) is 21.9. The average Bonchev–Trinajstić information content (AvgIpc) is 2.70. The van der Waals surface area contributed by atoms with Crippen LogP contribution in [-0.4, -0.2) is 61.1 Å². The van der Waals surface area contributed by atoms with E-state index in [0.29, 0.717) is 13.2 Å². The molecule has 2 aromatic rings. The highest BCUT2D eigenvalue weighted by molar-refractivity contribution is 6.00. The van der Waals surface area contributed by atoms with E-state index in [1.165, 1.54) is 5.56 Å². The number of benzene rings is 2. The number of nitrogens with zero attached hydrogens (tertiary/aromatic N) is 2. The van der Waals surface area contributed by atoms with Crippen LogP contribution in [0.2, 0.25) is 0 Å². The summed E-state index contributed by atoms with van der Waals surface area (Å²) in [4.78, 5) is 17.6. The lowest BCUT2D eigenvalue weighted by atomic mass is 9.95. The molecular weight excluding hydrogens is 336 g/mol. The lowest BCUT2D eigenvalue weighted by molar-refractivity contribution is -0.186. The first-order chi connectivity index (χ1) is 13.1. The van der Waals surface area contributed by atoms with Gasteiger partial charge in [-0.2, -0.15) is 0 Å². The van der Waals surface area contributed by atoms with Crippen molar-refractivity contribution < 1.29 is 9.53 Å². The Hall–Kier alpha value is -2.01. The summed E-state index contributed by atoms with van der Waals surface area (Å²) in [5, 5.41) is 0. The maximum Gasteiger partial charge on any atom is 0.179 e. The van der Waals surface area contributed by atoms with Gasteiger partial charge in [-0.25, -0.2) is 0 Å². The fourth-order valence-corrected chi connectivity index (χ4v) is 3.92. The van der Waals surface area contributed by atoms with Crippen LogP contribution >= 0.6 is 0 Å². The second-order valence-electron chi connectivity index (χ2n) is 7.48. The van der Waals surface area contributed by atoms with Gasteiger partial charge in [0, 0.05) is 25.1 Å². The van der Waals surface area contributed by atoms with Crippen LogP contribution in [0.4, 0.5) is 0 Å². The van der Waals surface area contributed by atoms with E-state index in [0.717, 1.165) is 24.9 Å². The molecule has 2 aromatic carbocycles. The zero-order valence-electron chi connectivity index (χ0n) is 16.6. The molecule has 27 heavy (non-hydrogen) atoms. The van der Waals surface area contributed by atoms with Gasteiger partial charge >= 0.3 is 0 Å². The van der Waals surface area contributed by atoms with Crippen molar-refractivity contribution in [1.29, 1.82) is 0 Å². The Bertz CT molecular complexity index is 733. The van der Waals surface area contributed by atoms with Gasteiger partial charge in [-0.3, -0.25) is 14.6 Å².